The van der Waals surface area contributed by atoms with Crippen molar-refractivity contribution < 1.29 is 52.3 Å². The Morgan fingerprint density at radius 2 is 1.97 bits per heavy atom. The van der Waals surface area contributed by atoms with Crippen LogP contribution in [0.15, 0.2) is 24.7 Å². The highest BCUT2D eigenvalue weighted by molar-refractivity contribution is 6.28. The van der Waals surface area contributed by atoms with E-state index in [9.17, 15) is 38.4 Å². The lowest BCUT2D eigenvalue weighted by molar-refractivity contribution is -0.231. The van der Waals surface area contributed by atoms with Gasteiger partial charge in [-0.05, 0) is 23.2 Å². The molecule has 0 radical (unpaired) electrons. The van der Waals surface area contributed by atoms with Gasteiger partial charge in [-0.2, -0.15) is 23.1 Å². The Kier molecular flexibility index (Phi) is 7.43. The van der Waals surface area contributed by atoms with Crippen LogP contribution in [0.3, 0.4) is 0 Å². The molecule has 1 fully saturated rings. The number of fused-ring (bicyclic) bond motifs is 1. The maximum atomic E-state index is 15.0. The molecule has 206 valence electrons. The highest BCUT2D eigenvalue weighted by atomic mass is 35.5. The van der Waals surface area contributed by atoms with Crippen LogP contribution in [0.2, 0.25) is 5.28 Å². The highest BCUT2D eigenvalue weighted by Crippen LogP contribution is 2.36. The predicted molar refractivity (Wildman–Crippen MR) is 117 cm³/mol. The van der Waals surface area contributed by atoms with Crippen LogP contribution in [-0.2, 0) is 26.9 Å². The van der Waals surface area contributed by atoms with Crippen LogP contribution in [-0.4, -0.2) is 87.8 Å². The second-order valence-corrected chi connectivity index (χ2v) is 8.65. The fourth-order valence-corrected chi connectivity index (χ4v) is 4.03. The van der Waals surface area contributed by atoms with Crippen molar-refractivity contribution in [3.8, 4) is 0 Å². The number of anilines is 1. The van der Waals surface area contributed by atoms with Crippen molar-refractivity contribution >= 4 is 34.6 Å². The van der Waals surface area contributed by atoms with Crippen LogP contribution < -0.4 is 5.73 Å². The van der Waals surface area contributed by atoms with Crippen molar-refractivity contribution in [2.45, 2.75) is 49.1 Å². The lowest BCUT2D eigenvalue weighted by Crippen LogP contribution is -2.55. The molecule has 0 bridgehead atoms. The summed E-state index contributed by atoms with van der Waals surface area (Å²) in [7, 11) is 0. The van der Waals surface area contributed by atoms with Crippen molar-refractivity contribution in [2.75, 3.05) is 12.3 Å². The summed E-state index contributed by atoms with van der Waals surface area (Å²) in [6, 6.07) is 1.46. The molecule has 1 saturated heterocycles. The number of pyridine rings is 1. The van der Waals surface area contributed by atoms with E-state index in [4.69, 9.17) is 26.8 Å². The Morgan fingerprint density at radius 1 is 1.26 bits per heavy atom. The number of aliphatic carboxylic acids is 1. The number of alkyl halides is 4. The standard InChI is InChI=1S/C20H19ClF4N6O7/c21-18-29-13(26)11-14(30-18)31(6-28-11)15-10(22)12(32)8(38-15)5-37-19(16(33)34,17(35)36)3-7-1-2-9(27-4-7)20(23,24)25/h1-2,4,6,8,10,12,15-16,32-34H,3,5H2,(H,35,36)(H2,26,29,30)/t8-,10+,12-,15-,19?/m1/s1. The van der Waals surface area contributed by atoms with Crippen molar-refractivity contribution in [3.63, 3.8) is 0 Å². The zero-order valence-electron chi connectivity index (χ0n) is 18.8. The van der Waals surface area contributed by atoms with Crippen molar-refractivity contribution in [3.05, 3.63) is 41.2 Å². The van der Waals surface area contributed by atoms with Crippen LogP contribution in [0.25, 0.3) is 11.2 Å². The van der Waals surface area contributed by atoms with E-state index >= 15 is 4.39 Å². The average Bonchev–Trinajstić information content (AvgIpc) is 3.37. The first kappa shape index (κ1) is 27.8. The number of carbonyl (C=O) groups is 1. The number of carboxylic acid groups (broad SMARTS) is 1. The third-order valence-corrected chi connectivity index (χ3v) is 6.02. The summed E-state index contributed by atoms with van der Waals surface area (Å²) in [5.41, 5.74) is 1.52. The zero-order chi connectivity index (χ0) is 28.0. The number of hydrogen-bond donors (Lipinski definition) is 5. The Labute approximate surface area is 214 Å². The minimum Gasteiger partial charge on any atom is -0.479 e. The van der Waals surface area contributed by atoms with Gasteiger partial charge in [0.2, 0.25) is 10.9 Å². The molecule has 1 aliphatic rings. The van der Waals surface area contributed by atoms with Gasteiger partial charge in [-0.25, -0.2) is 14.2 Å². The predicted octanol–water partition coefficient (Wildman–Crippen LogP) is 0.465. The molecule has 4 rings (SSSR count). The second-order valence-electron chi connectivity index (χ2n) is 8.31. The van der Waals surface area contributed by atoms with Gasteiger partial charge in [0.05, 0.1) is 12.9 Å². The Hall–Kier alpha value is -3.22. The number of aromatic nitrogens is 5. The third kappa shape index (κ3) is 5.07. The van der Waals surface area contributed by atoms with Gasteiger partial charge in [0.25, 0.3) is 0 Å². The number of ether oxygens (including phenoxy) is 2. The summed E-state index contributed by atoms with van der Waals surface area (Å²) in [5.74, 6) is -2.01. The molecular weight excluding hydrogens is 548 g/mol. The van der Waals surface area contributed by atoms with Gasteiger partial charge < -0.3 is 35.6 Å². The molecule has 1 unspecified atom stereocenters. The van der Waals surface area contributed by atoms with Crippen molar-refractivity contribution in [1.29, 1.82) is 0 Å². The number of aliphatic hydroxyl groups is 3. The maximum Gasteiger partial charge on any atom is 0.433 e. The lowest BCUT2D eigenvalue weighted by Gasteiger charge is -2.32. The number of imidazole rings is 1. The van der Waals surface area contributed by atoms with Gasteiger partial charge >= 0.3 is 12.1 Å². The summed E-state index contributed by atoms with van der Waals surface area (Å²) in [5, 5.41) is 39.6. The number of carboxylic acids is 1. The number of nitrogen functional groups attached to an aromatic ring is 1. The topological polar surface area (TPSA) is 199 Å². The van der Waals surface area contributed by atoms with Gasteiger partial charge in [-0.3, -0.25) is 9.55 Å². The van der Waals surface area contributed by atoms with E-state index in [0.29, 0.717) is 12.3 Å². The van der Waals surface area contributed by atoms with E-state index in [1.807, 2.05) is 0 Å². The maximum absolute atomic E-state index is 15.0. The van der Waals surface area contributed by atoms with Crippen LogP contribution >= 0.6 is 11.6 Å². The van der Waals surface area contributed by atoms with Gasteiger partial charge in [-0.1, -0.05) is 6.07 Å². The molecule has 0 saturated carbocycles. The fourth-order valence-electron chi connectivity index (χ4n) is 3.86. The molecule has 5 atom stereocenters. The molecule has 13 nitrogen and oxygen atoms in total. The molecule has 0 spiro atoms. The molecule has 0 aliphatic carbocycles. The van der Waals surface area contributed by atoms with E-state index in [1.165, 1.54) is 0 Å². The number of hydrogen-bond acceptors (Lipinski definition) is 11. The molecule has 18 heteroatoms. The summed E-state index contributed by atoms with van der Waals surface area (Å²) in [6.07, 6.45) is -13.6. The first-order chi connectivity index (χ1) is 17.7. The largest absolute Gasteiger partial charge is 0.479 e. The Bertz CT molecular complexity index is 1330. The highest BCUT2D eigenvalue weighted by Gasteiger charge is 2.51. The molecule has 6 N–H and O–H groups in total. The van der Waals surface area contributed by atoms with E-state index < -0.39 is 67.4 Å². The second kappa shape index (κ2) is 10.2. The molecule has 0 amide bonds. The molecule has 3 aromatic rings. The summed E-state index contributed by atoms with van der Waals surface area (Å²) < 4.78 is 65.2. The minimum absolute atomic E-state index is 0.0237. The number of nitrogens with two attached hydrogens (primary N) is 1. The van der Waals surface area contributed by atoms with Crippen molar-refractivity contribution in [2.24, 2.45) is 0 Å². The SMILES string of the molecule is Nc1nc(Cl)nc2c1ncn2[C@@H]1O[C@H](COC(Cc2ccc(C(F)(F)F)nc2)(C(=O)O)C(O)O)[C@@H](O)[C@@H]1F. The zero-order valence-corrected chi connectivity index (χ0v) is 19.6. The summed E-state index contributed by atoms with van der Waals surface area (Å²) in [4.78, 5) is 26.8. The smallest absolute Gasteiger partial charge is 0.433 e. The summed E-state index contributed by atoms with van der Waals surface area (Å²) >= 11 is 5.80. The minimum atomic E-state index is -4.76. The molecule has 0 aromatic carbocycles. The van der Waals surface area contributed by atoms with Crippen LogP contribution in [0.1, 0.15) is 17.5 Å². The number of nitrogens with zero attached hydrogens (tertiary/aromatic N) is 5. The number of halogens is 5. The molecule has 3 aromatic heterocycles. The first-order valence-corrected chi connectivity index (χ1v) is 11.0. The number of aliphatic hydroxyl groups excluding tert-OH is 2. The third-order valence-electron chi connectivity index (χ3n) is 5.86. The Balaban J connectivity index is 1.55. The molecule has 1 aliphatic heterocycles. The van der Waals surface area contributed by atoms with Gasteiger partial charge in [0, 0.05) is 12.6 Å². The first-order valence-electron chi connectivity index (χ1n) is 10.6. The average molecular weight is 567 g/mol. The van der Waals surface area contributed by atoms with E-state index in [1.54, 1.807) is 0 Å². The van der Waals surface area contributed by atoms with E-state index in [2.05, 4.69) is 19.9 Å². The Morgan fingerprint density at radius 3 is 2.55 bits per heavy atom. The molecular formula is C20H19ClF4N6O7. The van der Waals surface area contributed by atoms with Crippen molar-refractivity contribution in [1.82, 2.24) is 24.5 Å². The van der Waals surface area contributed by atoms with Gasteiger partial charge in [-0.15, -0.1) is 0 Å². The molecule has 38 heavy (non-hydrogen) atoms. The molecule has 4 heterocycles. The lowest BCUT2D eigenvalue weighted by atomic mass is 9.94. The van der Waals surface area contributed by atoms with Crippen LogP contribution in [0, 0.1) is 0 Å². The monoisotopic (exact) mass is 566 g/mol. The van der Waals surface area contributed by atoms with Crippen LogP contribution in [0.4, 0.5) is 23.4 Å². The quantitative estimate of drug-likeness (QED) is 0.144. The fraction of sp³-hybridized carbons (Fsp3) is 0.450. The number of rotatable bonds is 8. The van der Waals surface area contributed by atoms with Gasteiger partial charge in [0.1, 0.15) is 23.4 Å². The summed E-state index contributed by atoms with van der Waals surface area (Å²) in [6.45, 7) is -0.874. The normalized spacial score (nSPS) is 23.7. The van der Waals surface area contributed by atoms with E-state index in [0.717, 1.165) is 17.0 Å². The van der Waals surface area contributed by atoms with E-state index in [-0.39, 0.29) is 27.8 Å². The van der Waals surface area contributed by atoms with Gasteiger partial charge in [0.15, 0.2) is 30.2 Å². The van der Waals surface area contributed by atoms with Crippen LogP contribution in [0.5, 0.6) is 0 Å².